The van der Waals surface area contributed by atoms with Gasteiger partial charge in [-0.05, 0) is 13.8 Å². The normalized spacial score (nSPS) is 27.6. The SMILES string of the molecule is COC(C)CN1CCC(=O)CC1C. The number of rotatable bonds is 3. The number of hydrogen-bond donors (Lipinski definition) is 0. The number of nitrogens with zero attached hydrogens (tertiary/aromatic N) is 1. The Labute approximate surface area is 80.1 Å². The number of hydrogen-bond acceptors (Lipinski definition) is 3. The monoisotopic (exact) mass is 185 g/mol. The molecule has 0 radical (unpaired) electrons. The van der Waals surface area contributed by atoms with Gasteiger partial charge in [0.15, 0.2) is 0 Å². The molecule has 3 heteroatoms. The number of likely N-dealkylation sites (tertiary alicyclic amines) is 1. The van der Waals surface area contributed by atoms with Crippen LogP contribution in [-0.2, 0) is 9.53 Å². The number of carbonyl (C=O) groups excluding carboxylic acids is 1. The summed E-state index contributed by atoms with van der Waals surface area (Å²) in [5.41, 5.74) is 0. The Bertz CT molecular complexity index is 182. The second kappa shape index (κ2) is 4.72. The van der Waals surface area contributed by atoms with E-state index in [1.807, 2.05) is 0 Å². The van der Waals surface area contributed by atoms with Gasteiger partial charge in [0.1, 0.15) is 5.78 Å². The van der Waals surface area contributed by atoms with Gasteiger partial charge in [-0.25, -0.2) is 0 Å². The molecule has 1 saturated heterocycles. The fraction of sp³-hybridized carbons (Fsp3) is 0.900. The van der Waals surface area contributed by atoms with Gasteiger partial charge in [-0.1, -0.05) is 0 Å². The lowest BCUT2D eigenvalue weighted by Crippen LogP contribution is -2.44. The van der Waals surface area contributed by atoms with Crippen LogP contribution in [0.3, 0.4) is 0 Å². The van der Waals surface area contributed by atoms with E-state index in [1.54, 1.807) is 7.11 Å². The second-order valence-corrected chi connectivity index (χ2v) is 3.88. The number of carbonyl (C=O) groups is 1. The molecular formula is C10H19NO2. The highest BCUT2D eigenvalue weighted by Crippen LogP contribution is 2.14. The van der Waals surface area contributed by atoms with Crippen LogP contribution in [0, 0.1) is 0 Å². The van der Waals surface area contributed by atoms with Crippen LogP contribution in [0.2, 0.25) is 0 Å². The number of ketones is 1. The maximum Gasteiger partial charge on any atom is 0.135 e. The molecule has 0 amide bonds. The van der Waals surface area contributed by atoms with Crippen LogP contribution in [0.4, 0.5) is 0 Å². The molecule has 2 unspecified atom stereocenters. The quantitative estimate of drug-likeness (QED) is 0.659. The van der Waals surface area contributed by atoms with Crippen molar-refractivity contribution in [1.29, 1.82) is 0 Å². The fourth-order valence-corrected chi connectivity index (χ4v) is 1.73. The summed E-state index contributed by atoms with van der Waals surface area (Å²) in [5.74, 6) is 0.397. The van der Waals surface area contributed by atoms with Crippen molar-refractivity contribution in [3.63, 3.8) is 0 Å². The predicted molar refractivity (Wildman–Crippen MR) is 51.7 cm³/mol. The topological polar surface area (TPSA) is 29.5 Å². The summed E-state index contributed by atoms with van der Waals surface area (Å²) >= 11 is 0. The lowest BCUT2D eigenvalue weighted by molar-refractivity contribution is -0.123. The van der Waals surface area contributed by atoms with Crippen molar-refractivity contribution in [1.82, 2.24) is 4.90 Å². The average Bonchev–Trinajstić information content (AvgIpc) is 2.09. The van der Waals surface area contributed by atoms with Crippen LogP contribution in [0.25, 0.3) is 0 Å². The Morgan fingerprint density at radius 2 is 2.38 bits per heavy atom. The minimum atomic E-state index is 0.260. The summed E-state index contributed by atoms with van der Waals surface area (Å²) in [7, 11) is 1.73. The van der Waals surface area contributed by atoms with E-state index >= 15 is 0 Å². The minimum Gasteiger partial charge on any atom is -0.380 e. The number of ether oxygens (including phenoxy) is 1. The van der Waals surface area contributed by atoms with Crippen molar-refractivity contribution >= 4 is 5.78 Å². The maximum atomic E-state index is 11.1. The zero-order chi connectivity index (χ0) is 9.84. The Morgan fingerprint density at radius 1 is 1.69 bits per heavy atom. The molecule has 1 aliphatic heterocycles. The number of methoxy groups -OCH3 is 1. The molecule has 76 valence electrons. The zero-order valence-corrected chi connectivity index (χ0v) is 8.75. The third-order valence-corrected chi connectivity index (χ3v) is 2.72. The summed E-state index contributed by atoms with van der Waals surface area (Å²) in [6.45, 7) is 6.00. The van der Waals surface area contributed by atoms with E-state index in [2.05, 4.69) is 18.7 Å². The van der Waals surface area contributed by atoms with E-state index in [0.717, 1.165) is 13.1 Å². The van der Waals surface area contributed by atoms with E-state index in [9.17, 15) is 4.79 Å². The molecule has 1 aliphatic rings. The van der Waals surface area contributed by atoms with Gasteiger partial charge in [-0.2, -0.15) is 0 Å². The fourth-order valence-electron chi connectivity index (χ4n) is 1.73. The van der Waals surface area contributed by atoms with E-state index in [4.69, 9.17) is 4.74 Å². The minimum absolute atomic E-state index is 0.260. The van der Waals surface area contributed by atoms with E-state index < -0.39 is 0 Å². The van der Waals surface area contributed by atoms with Gasteiger partial charge in [0.05, 0.1) is 6.10 Å². The van der Waals surface area contributed by atoms with Crippen LogP contribution in [-0.4, -0.2) is 43.0 Å². The van der Waals surface area contributed by atoms with E-state index in [1.165, 1.54) is 0 Å². The van der Waals surface area contributed by atoms with Gasteiger partial charge in [-0.3, -0.25) is 9.69 Å². The van der Waals surface area contributed by atoms with Gasteiger partial charge in [0.25, 0.3) is 0 Å². The summed E-state index contributed by atoms with van der Waals surface area (Å²) in [6, 6.07) is 0.388. The second-order valence-electron chi connectivity index (χ2n) is 3.88. The van der Waals surface area contributed by atoms with Crippen LogP contribution >= 0.6 is 0 Å². The molecule has 2 atom stereocenters. The van der Waals surface area contributed by atoms with Crippen molar-refractivity contribution in [2.45, 2.75) is 38.8 Å². The van der Waals surface area contributed by atoms with Crippen LogP contribution in [0.15, 0.2) is 0 Å². The molecule has 0 saturated carbocycles. The van der Waals surface area contributed by atoms with E-state index in [-0.39, 0.29) is 6.10 Å². The molecule has 1 fully saturated rings. The largest absolute Gasteiger partial charge is 0.380 e. The highest BCUT2D eigenvalue weighted by atomic mass is 16.5. The highest BCUT2D eigenvalue weighted by molar-refractivity contribution is 5.79. The lowest BCUT2D eigenvalue weighted by Gasteiger charge is -2.33. The van der Waals surface area contributed by atoms with Gasteiger partial charge in [0, 0.05) is 39.1 Å². The molecule has 0 spiro atoms. The average molecular weight is 185 g/mol. The maximum absolute atomic E-state index is 11.1. The Morgan fingerprint density at radius 3 is 2.92 bits per heavy atom. The Balaban J connectivity index is 2.37. The molecule has 3 nitrogen and oxygen atoms in total. The van der Waals surface area contributed by atoms with Crippen molar-refractivity contribution in [2.75, 3.05) is 20.2 Å². The Hall–Kier alpha value is -0.410. The van der Waals surface area contributed by atoms with Crippen molar-refractivity contribution in [3.8, 4) is 0 Å². The summed E-state index contributed by atoms with van der Waals surface area (Å²) in [5, 5.41) is 0. The predicted octanol–water partition coefficient (Wildman–Crippen LogP) is 1.07. The zero-order valence-electron chi connectivity index (χ0n) is 8.75. The highest BCUT2D eigenvalue weighted by Gasteiger charge is 2.24. The molecular weight excluding hydrogens is 166 g/mol. The van der Waals surface area contributed by atoms with Crippen LogP contribution in [0.5, 0.6) is 0 Å². The summed E-state index contributed by atoms with van der Waals surface area (Å²) in [4.78, 5) is 13.4. The van der Waals surface area contributed by atoms with Gasteiger partial charge in [0.2, 0.25) is 0 Å². The molecule has 0 aromatic carbocycles. The van der Waals surface area contributed by atoms with Crippen LogP contribution < -0.4 is 0 Å². The summed E-state index contributed by atoms with van der Waals surface area (Å²) in [6.07, 6.45) is 1.67. The first-order chi connectivity index (χ1) is 6.13. The van der Waals surface area contributed by atoms with Crippen LogP contribution in [0.1, 0.15) is 26.7 Å². The first kappa shape index (κ1) is 10.7. The molecule has 0 aromatic rings. The Kier molecular flexibility index (Phi) is 3.88. The first-order valence-electron chi connectivity index (χ1n) is 4.92. The van der Waals surface area contributed by atoms with Crippen molar-refractivity contribution < 1.29 is 9.53 Å². The number of piperidine rings is 1. The lowest BCUT2D eigenvalue weighted by atomic mass is 10.0. The number of Topliss-reactive ketones (excluding diaryl/α,β-unsaturated/α-hetero) is 1. The van der Waals surface area contributed by atoms with E-state index in [0.29, 0.717) is 24.7 Å². The third kappa shape index (κ3) is 3.08. The molecule has 0 N–H and O–H groups in total. The summed E-state index contributed by atoms with van der Waals surface area (Å²) < 4.78 is 5.20. The molecule has 1 heterocycles. The van der Waals surface area contributed by atoms with Gasteiger partial charge < -0.3 is 4.74 Å². The molecule has 0 aromatic heterocycles. The molecule has 0 aliphatic carbocycles. The molecule has 1 rings (SSSR count). The molecule has 13 heavy (non-hydrogen) atoms. The first-order valence-corrected chi connectivity index (χ1v) is 4.92. The standard InChI is InChI=1S/C10H19NO2/c1-8-6-10(12)4-5-11(8)7-9(2)13-3/h8-9H,4-7H2,1-3H3. The van der Waals surface area contributed by atoms with Gasteiger partial charge >= 0.3 is 0 Å². The third-order valence-electron chi connectivity index (χ3n) is 2.72. The molecule has 0 bridgehead atoms. The van der Waals surface area contributed by atoms with Crippen molar-refractivity contribution in [3.05, 3.63) is 0 Å². The van der Waals surface area contributed by atoms with Crippen molar-refractivity contribution in [2.24, 2.45) is 0 Å². The van der Waals surface area contributed by atoms with Gasteiger partial charge in [-0.15, -0.1) is 0 Å². The smallest absolute Gasteiger partial charge is 0.135 e.